The van der Waals surface area contributed by atoms with Gasteiger partial charge in [0.05, 0.1) is 0 Å². The van der Waals surface area contributed by atoms with E-state index in [1.807, 2.05) is 0 Å². The number of benzene rings is 1. The molecule has 0 saturated carbocycles. The predicted octanol–water partition coefficient (Wildman–Crippen LogP) is 1.16. The second kappa shape index (κ2) is 2.13. The number of rotatable bonds is 0. The summed E-state index contributed by atoms with van der Waals surface area (Å²) in [6.07, 6.45) is 0. The maximum Gasteiger partial charge on any atom is 0.140 e. The maximum atomic E-state index is 2.18. The van der Waals surface area contributed by atoms with E-state index in [1.165, 1.54) is 15.5 Å². The van der Waals surface area contributed by atoms with Crippen LogP contribution in [0.2, 0.25) is 0 Å². The van der Waals surface area contributed by atoms with Gasteiger partial charge in [0, 0.05) is 4.70 Å². The van der Waals surface area contributed by atoms with E-state index in [-0.39, 0.29) is 0 Å². The van der Waals surface area contributed by atoms with Crippen LogP contribution in [0.15, 0.2) is 29.6 Å². The molecule has 1 aromatic carbocycles. The molecular formula is C8H7BS. The third-order valence-electron chi connectivity index (χ3n) is 1.71. The molecule has 0 bridgehead atoms. The summed E-state index contributed by atoms with van der Waals surface area (Å²) in [5.41, 5.74) is 1.37. The normalized spacial score (nSPS) is 10.4. The van der Waals surface area contributed by atoms with Gasteiger partial charge in [-0.05, 0) is 22.9 Å². The van der Waals surface area contributed by atoms with Crippen LogP contribution in [0.3, 0.4) is 0 Å². The summed E-state index contributed by atoms with van der Waals surface area (Å²) in [6.45, 7) is 0. The largest absolute Gasteiger partial charge is 0.144 e. The van der Waals surface area contributed by atoms with Crippen molar-refractivity contribution in [3.05, 3.63) is 29.6 Å². The van der Waals surface area contributed by atoms with Crippen molar-refractivity contribution < 1.29 is 0 Å². The molecule has 0 N–H and O–H groups in total. The van der Waals surface area contributed by atoms with Crippen molar-refractivity contribution in [2.45, 2.75) is 0 Å². The molecule has 48 valence electrons. The Morgan fingerprint density at radius 1 is 1.20 bits per heavy atom. The van der Waals surface area contributed by atoms with E-state index < -0.39 is 0 Å². The van der Waals surface area contributed by atoms with Crippen LogP contribution >= 0.6 is 11.3 Å². The second-order valence-electron chi connectivity index (χ2n) is 2.41. The van der Waals surface area contributed by atoms with Crippen LogP contribution < -0.4 is 5.46 Å². The Hall–Kier alpha value is -0.755. The Balaban J connectivity index is 2.95. The lowest BCUT2D eigenvalue weighted by molar-refractivity contribution is 1.92. The smallest absolute Gasteiger partial charge is 0.140 e. The van der Waals surface area contributed by atoms with Gasteiger partial charge in [-0.1, -0.05) is 17.6 Å². The second-order valence-corrected chi connectivity index (χ2v) is 3.36. The summed E-state index contributed by atoms with van der Waals surface area (Å²) in [4.78, 5) is 0. The van der Waals surface area contributed by atoms with Crippen molar-refractivity contribution in [1.82, 2.24) is 0 Å². The molecule has 0 nitrogen and oxygen atoms in total. The molecule has 1 aromatic heterocycles. The highest BCUT2D eigenvalue weighted by Crippen LogP contribution is 2.17. The Morgan fingerprint density at radius 2 is 2.10 bits per heavy atom. The molecule has 0 unspecified atom stereocenters. The number of fused-ring (bicyclic) bond motifs is 1. The Morgan fingerprint density at radius 3 is 2.90 bits per heavy atom. The average Bonchev–Trinajstić information content (AvgIpc) is 2.36. The van der Waals surface area contributed by atoms with Crippen LogP contribution in [-0.2, 0) is 0 Å². The van der Waals surface area contributed by atoms with E-state index in [0.29, 0.717) is 0 Å². The minimum absolute atomic E-state index is 1.37. The molecule has 1 heterocycles. The van der Waals surface area contributed by atoms with Gasteiger partial charge in [0.25, 0.3) is 0 Å². The van der Waals surface area contributed by atoms with Crippen LogP contribution in [0, 0.1) is 0 Å². The van der Waals surface area contributed by atoms with Gasteiger partial charge in [-0.3, -0.25) is 0 Å². The van der Waals surface area contributed by atoms with E-state index in [1.54, 1.807) is 11.3 Å². The lowest BCUT2D eigenvalue weighted by Gasteiger charge is -1.91. The van der Waals surface area contributed by atoms with Crippen molar-refractivity contribution in [2.75, 3.05) is 0 Å². The first kappa shape index (κ1) is 5.99. The van der Waals surface area contributed by atoms with Gasteiger partial charge in [0.2, 0.25) is 0 Å². The van der Waals surface area contributed by atoms with Crippen molar-refractivity contribution in [3.63, 3.8) is 0 Å². The summed E-state index contributed by atoms with van der Waals surface area (Å²) in [5.74, 6) is 0. The highest BCUT2D eigenvalue weighted by atomic mass is 32.1. The van der Waals surface area contributed by atoms with Crippen molar-refractivity contribution in [1.29, 1.82) is 0 Å². The fourth-order valence-electron chi connectivity index (χ4n) is 1.15. The summed E-state index contributed by atoms with van der Waals surface area (Å²) < 4.78 is 1.39. The average molecular weight is 146 g/mol. The zero-order valence-corrected chi connectivity index (χ0v) is 6.61. The van der Waals surface area contributed by atoms with Crippen LogP contribution in [0.1, 0.15) is 0 Å². The van der Waals surface area contributed by atoms with Crippen LogP contribution in [0.4, 0.5) is 0 Å². The minimum atomic E-state index is 1.37. The fourth-order valence-corrected chi connectivity index (χ4v) is 2.01. The number of thiophene rings is 1. The lowest BCUT2D eigenvalue weighted by atomic mass is 9.93. The molecule has 2 rings (SSSR count). The fraction of sp³-hybridized carbons (Fsp3) is 0. The van der Waals surface area contributed by atoms with Gasteiger partial charge >= 0.3 is 0 Å². The first-order valence-electron chi connectivity index (χ1n) is 3.31. The Bertz CT molecular complexity index is 351. The van der Waals surface area contributed by atoms with Crippen molar-refractivity contribution in [2.24, 2.45) is 0 Å². The van der Waals surface area contributed by atoms with Crippen LogP contribution in [0.25, 0.3) is 10.1 Å². The molecular weight excluding hydrogens is 139 g/mol. The van der Waals surface area contributed by atoms with E-state index in [0.717, 1.165) is 0 Å². The van der Waals surface area contributed by atoms with Gasteiger partial charge in [-0.15, -0.1) is 11.3 Å². The molecule has 0 aliphatic heterocycles. The Kier molecular flexibility index (Phi) is 1.28. The zero-order chi connectivity index (χ0) is 6.97. The summed E-state index contributed by atoms with van der Waals surface area (Å²) in [7, 11) is 2.15. The zero-order valence-electron chi connectivity index (χ0n) is 5.79. The van der Waals surface area contributed by atoms with Crippen LogP contribution in [0.5, 0.6) is 0 Å². The predicted molar refractivity (Wildman–Crippen MR) is 50.0 cm³/mol. The highest BCUT2D eigenvalue weighted by Gasteiger charge is 1.94. The van der Waals surface area contributed by atoms with Gasteiger partial charge in [-0.25, -0.2) is 0 Å². The third-order valence-corrected chi connectivity index (χ3v) is 2.60. The summed E-state index contributed by atoms with van der Waals surface area (Å²) >= 11 is 1.80. The molecule has 0 fully saturated rings. The minimum Gasteiger partial charge on any atom is -0.144 e. The standard InChI is InChI=1S/C8H7BS/c9-7-2-1-3-8-6(7)4-5-10-8/h1-5H,9H2. The third kappa shape index (κ3) is 0.763. The summed E-state index contributed by atoms with van der Waals surface area (Å²) in [6, 6.07) is 8.59. The topological polar surface area (TPSA) is 0 Å². The maximum absolute atomic E-state index is 2.18. The highest BCUT2D eigenvalue weighted by molar-refractivity contribution is 7.17. The first-order chi connectivity index (χ1) is 4.88. The SMILES string of the molecule is Bc1cccc2sccc12. The van der Waals surface area contributed by atoms with E-state index >= 15 is 0 Å². The molecule has 0 aliphatic carbocycles. The molecule has 2 aromatic rings. The molecule has 0 saturated heterocycles. The summed E-state index contributed by atoms with van der Waals surface area (Å²) in [5, 5.41) is 3.53. The molecule has 0 aliphatic rings. The first-order valence-corrected chi connectivity index (χ1v) is 4.19. The van der Waals surface area contributed by atoms with E-state index in [2.05, 4.69) is 37.5 Å². The van der Waals surface area contributed by atoms with Gasteiger partial charge in [0.15, 0.2) is 0 Å². The van der Waals surface area contributed by atoms with Gasteiger partial charge in [0.1, 0.15) is 7.85 Å². The van der Waals surface area contributed by atoms with Gasteiger partial charge in [-0.2, -0.15) is 0 Å². The van der Waals surface area contributed by atoms with E-state index in [9.17, 15) is 0 Å². The van der Waals surface area contributed by atoms with Crippen molar-refractivity contribution >= 4 is 34.7 Å². The Labute approximate surface area is 64.9 Å². The molecule has 2 heteroatoms. The molecule has 0 atom stereocenters. The van der Waals surface area contributed by atoms with Crippen LogP contribution in [-0.4, -0.2) is 7.85 Å². The van der Waals surface area contributed by atoms with E-state index in [4.69, 9.17) is 0 Å². The monoisotopic (exact) mass is 146 g/mol. The molecule has 0 amide bonds. The lowest BCUT2D eigenvalue weighted by Crippen LogP contribution is -2.00. The number of hydrogen-bond donors (Lipinski definition) is 0. The number of hydrogen-bond acceptors (Lipinski definition) is 1. The van der Waals surface area contributed by atoms with Gasteiger partial charge < -0.3 is 0 Å². The quantitative estimate of drug-likeness (QED) is 0.489. The van der Waals surface area contributed by atoms with Crippen molar-refractivity contribution in [3.8, 4) is 0 Å². The molecule has 0 spiro atoms. The molecule has 0 radical (unpaired) electrons. The molecule has 10 heavy (non-hydrogen) atoms.